The van der Waals surface area contributed by atoms with Crippen LogP contribution in [0.25, 0.3) is 0 Å². The van der Waals surface area contributed by atoms with Crippen LogP contribution in [0.4, 0.5) is 30.7 Å². The lowest BCUT2D eigenvalue weighted by Gasteiger charge is -2.12. The number of halogens is 8. The molecule has 0 bridgehead atoms. The van der Waals surface area contributed by atoms with Crippen LogP contribution in [0.5, 0.6) is 0 Å². The average molecular weight is 448 g/mol. The predicted octanol–water partition coefficient (Wildman–Crippen LogP) is 4.96. The summed E-state index contributed by atoms with van der Waals surface area (Å²) >= 11 is 5.18. The molecule has 2 rings (SSSR count). The number of benzene rings is 1. The van der Waals surface area contributed by atoms with Crippen LogP contribution in [-0.2, 0) is 22.7 Å². The van der Waals surface area contributed by atoms with Gasteiger partial charge in [-0.25, -0.2) is 17.6 Å². The first-order valence-electron chi connectivity index (χ1n) is 8.34. The van der Waals surface area contributed by atoms with E-state index >= 15 is 0 Å². The quantitative estimate of drug-likeness (QED) is 0.380. The van der Waals surface area contributed by atoms with E-state index < -0.39 is 82.0 Å². The van der Waals surface area contributed by atoms with Gasteiger partial charge in [0.25, 0.3) is 0 Å². The monoisotopic (exact) mass is 447 g/mol. The molecule has 3 nitrogen and oxygen atoms in total. The van der Waals surface area contributed by atoms with E-state index in [1.165, 1.54) is 20.9 Å². The second-order valence-electron chi connectivity index (χ2n) is 7.19. The topological polar surface area (TPSA) is 38.3 Å². The number of carbonyl (C=O) groups is 1. The van der Waals surface area contributed by atoms with Gasteiger partial charge in [-0.1, -0.05) is 31.5 Å². The molecule has 1 fully saturated rings. The highest BCUT2D eigenvalue weighted by Gasteiger charge is 2.62. The highest BCUT2D eigenvalue weighted by molar-refractivity contribution is 6.30. The van der Waals surface area contributed by atoms with Gasteiger partial charge >= 0.3 is 12.1 Å². The lowest BCUT2D eigenvalue weighted by molar-refractivity contribution is -0.147. The fourth-order valence-corrected chi connectivity index (χ4v) is 3.24. The summed E-state index contributed by atoms with van der Waals surface area (Å²) in [5, 5.41) is 0.948. The van der Waals surface area contributed by atoms with Crippen LogP contribution in [-0.4, -0.2) is 19.2 Å². The Balaban J connectivity index is 2.18. The molecule has 1 aromatic rings. The first kappa shape index (κ1) is 23.5. The molecule has 2 atom stereocenters. The van der Waals surface area contributed by atoms with Crippen molar-refractivity contribution in [2.75, 3.05) is 7.05 Å². The fraction of sp³-hybridized carbons (Fsp3) is 0.500. The van der Waals surface area contributed by atoms with Crippen LogP contribution >= 0.6 is 11.6 Å². The lowest BCUT2D eigenvalue weighted by Crippen LogP contribution is -2.17. The van der Waals surface area contributed by atoms with Crippen LogP contribution in [0.3, 0.4) is 0 Å². The maximum atomic E-state index is 14.1. The molecule has 162 valence electrons. The molecule has 1 aliphatic carbocycles. The third-order valence-corrected chi connectivity index (χ3v) is 5.26. The summed E-state index contributed by atoms with van der Waals surface area (Å²) in [4.78, 5) is 12.2. The van der Waals surface area contributed by atoms with Gasteiger partial charge in [-0.15, -0.1) is 0 Å². The van der Waals surface area contributed by atoms with Gasteiger partial charge in [0.2, 0.25) is 0 Å². The van der Waals surface area contributed by atoms with Gasteiger partial charge in [0.15, 0.2) is 23.3 Å². The largest absolute Gasteiger partial charge is 0.460 e. The van der Waals surface area contributed by atoms with E-state index in [1.54, 1.807) is 0 Å². The van der Waals surface area contributed by atoms with E-state index in [9.17, 15) is 35.5 Å². The molecule has 1 aliphatic rings. The molecule has 0 aromatic heterocycles. The molecule has 0 aliphatic heterocycles. The Hall–Kier alpha value is -1.81. The van der Waals surface area contributed by atoms with Crippen molar-refractivity contribution in [1.82, 2.24) is 5.32 Å². The van der Waals surface area contributed by atoms with E-state index in [1.807, 2.05) is 0 Å². The normalized spacial score (nSPS) is 21.3. The smallest absolute Gasteiger partial charge is 0.426 e. The first-order chi connectivity index (χ1) is 13.2. The van der Waals surface area contributed by atoms with Gasteiger partial charge in [-0.3, -0.25) is 4.79 Å². The SMILES string of the molecule is CNCc1c(F)c(F)c(COC(=O)[C@@H]2[C@H](C=C(Cl)C(F)(F)F)C2(C)C)c(F)c1F. The van der Waals surface area contributed by atoms with E-state index in [0.717, 1.165) is 0 Å². The number of esters is 1. The molecule has 1 saturated carbocycles. The van der Waals surface area contributed by atoms with Gasteiger partial charge in [0.05, 0.1) is 11.5 Å². The fourth-order valence-electron chi connectivity index (χ4n) is 3.11. The zero-order chi connectivity index (χ0) is 22.3. The van der Waals surface area contributed by atoms with Gasteiger partial charge in [0, 0.05) is 12.1 Å². The Morgan fingerprint density at radius 3 is 2.03 bits per heavy atom. The molecule has 0 heterocycles. The molecule has 0 saturated heterocycles. The maximum Gasteiger partial charge on any atom is 0.426 e. The Labute approximate surface area is 166 Å². The maximum absolute atomic E-state index is 14.1. The summed E-state index contributed by atoms with van der Waals surface area (Å²) in [6.45, 7) is 1.36. The second kappa shape index (κ2) is 8.14. The van der Waals surface area contributed by atoms with Gasteiger partial charge in [0.1, 0.15) is 11.6 Å². The standard InChI is InChI=1S/C18H17ClF7NO2/c1-17(2)9(4-10(19)18(24,25)26)11(17)16(28)29-6-8-14(22)12(20)7(5-27-3)13(21)15(8)23/h4,9,11,27H,5-6H2,1-3H3/t9-,11-/m0/s1. The Bertz CT molecular complexity index is 823. The first-order valence-corrected chi connectivity index (χ1v) is 8.72. The van der Waals surface area contributed by atoms with Crippen molar-refractivity contribution < 1.29 is 40.3 Å². The number of hydrogen-bond donors (Lipinski definition) is 1. The van der Waals surface area contributed by atoms with Crippen LogP contribution in [0.15, 0.2) is 11.1 Å². The molecule has 0 spiro atoms. The van der Waals surface area contributed by atoms with Crippen molar-refractivity contribution >= 4 is 17.6 Å². The number of carbonyl (C=O) groups excluding carboxylic acids is 1. The zero-order valence-corrected chi connectivity index (χ0v) is 16.2. The molecule has 29 heavy (non-hydrogen) atoms. The van der Waals surface area contributed by atoms with E-state index in [0.29, 0.717) is 6.08 Å². The highest BCUT2D eigenvalue weighted by atomic mass is 35.5. The Morgan fingerprint density at radius 1 is 1.10 bits per heavy atom. The summed E-state index contributed by atoms with van der Waals surface area (Å²) in [5.74, 6) is -9.75. The molecule has 0 amide bonds. The van der Waals surface area contributed by atoms with Gasteiger partial charge < -0.3 is 10.1 Å². The number of rotatable bonds is 6. The number of nitrogens with one attached hydrogen (secondary N) is 1. The third-order valence-electron chi connectivity index (χ3n) is 4.92. The number of alkyl halides is 3. The van der Waals surface area contributed by atoms with Crippen molar-refractivity contribution in [2.45, 2.75) is 33.2 Å². The number of allylic oxidation sites excluding steroid dienone is 2. The van der Waals surface area contributed by atoms with E-state index in [4.69, 9.17) is 16.3 Å². The highest BCUT2D eigenvalue weighted by Crippen LogP contribution is 2.60. The molecular weight excluding hydrogens is 431 g/mol. The van der Waals surface area contributed by atoms with Crippen molar-refractivity contribution in [3.05, 3.63) is 45.5 Å². The summed E-state index contributed by atoms with van der Waals surface area (Å²) in [7, 11) is 1.32. The van der Waals surface area contributed by atoms with Crippen LogP contribution in [0.1, 0.15) is 25.0 Å². The molecular formula is C18H17ClF7NO2. The lowest BCUT2D eigenvalue weighted by atomic mass is 10.1. The summed E-state index contributed by atoms with van der Waals surface area (Å²) in [5.41, 5.74) is -2.94. The minimum absolute atomic E-state index is 0.476. The number of hydrogen-bond acceptors (Lipinski definition) is 3. The number of ether oxygens (including phenoxy) is 1. The van der Waals surface area contributed by atoms with E-state index in [-0.39, 0.29) is 0 Å². The molecule has 0 radical (unpaired) electrons. The van der Waals surface area contributed by atoms with Crippen molar-refractivity contribution in [3.8, 4) is 0 Å². The van der Waals surface area contributed by atoms with Gasteiger partial charge in [-0.2, -0.15) is 13.2 Å². The second-order valence-corrected chi connectivity index (χ2v) is 7.60. The summed E-state index contributed by atoms with van der Waals surface area (Å²) in [6, 6.07) is 0. The summed E-state index contributed by atoms with van der Waals surface area (Å²) < 4.78 is 98.4. The third kappa shape index (κ3) is 4.53. The van der Waals surface area contributed by atoms with Crippen LogP contribution in [0.2, 0.25) is 0 Å². The van der Waals surface area contributed by atoms with Crippen molar-refractivity contribution in [2.24, 2.45) is 17.3 Å². The van der Waals surface area contributed by atoms with Crippen LogP contribution in [0, 0.1) is 40.5 Å². The minimum atomic E-state index is -4.79. The van der Waals surface area contributed by atoms with Crippen LogP contribution < -0.4 is 5.32 Å². The predicted molar refractivity (Wildman–Crippen MR) is 89.6 cm³/mol. The van der Waals surface area contributed by atoms with Crippen molar-refractivity contribution in [3.63, 3.8) is 0 Å². The average Bonchev–Trinajstić information content (AvgIpc) is 3.16. The Morgan fingerprint density at radius 2 is 1.59 bits per heavy atom. The Kier molecular flexibility index (Phi) is 6.59. The zero-order valence-electron chi connectivity index (χ0n) is 15.5. The molecule has 0 unspecified atom stereocenters. The van der Waals surface area contributed by atoms with Gasteiger partial charge in [-0.05, 0) is 18.4 Å². The molecule has 11 heteroatoms. The molecule has 1 N–H and O–H groups in total. The van der Waals surface area contributed by atoms with E-state index in [2.05, 4.69) is 5.32 Å². The van der Waals surface area contributed by atoms with Crippen molar-refractivity contribution in [1.29, 1.82) is 0 Å². The molecule has 1 aromatic carbocycles. The minimum Gasteiger partial charge on any atom is -0.460 e. The summed E-state index contributed by atoms with van der Waals surface area (Å²) in [6.07, 6.45) is -4.12.